The van der Waals surface area contributed by atoms with E-state index >= 15 is 0 Å². The Balaban J connectivity index is 2.06. The molecule has 1 aromatic rings. The molecule has 1 fully saturated rings. The summed E-state index contributed by atoms with van der Waals surface area (Å²) in [5, 5.41) is 3.46. The summed E-state index contributed by atoms with van der Waals surface area (Å²) in [6.45, 7) is 5.14. The molecule has 0 spiro atoms. The predicted molar refractivity (Wildman–Crippen MR) is 78.2 cm³/mol. The SMILES string of the molecule is CCCCOc1ccc(C2CCCNC2)cc1OC. The second-order valence-electron chi connectivity index (χ2n) is 5.16. The van der Waals surface area contributed by atoms with Crippen LogP contribution in [0.2, 0.25) is 0 Å². The predicted octanol–water partition coefficient (Wildman–Crippen LogP) is 3.34. The van der Waals surface area contributed by atoms with Crippen LogP contribution in [-0.4, -0.2) is 26.8 Å². The molecule has 0 aliphatic carbocycles. The largest absolute Gasteiger partial charge is 0.493 e. The van der Waals surface area contributed by atoms with Crippen LogP contribution in [0, 0.1) is 0 Å². The first-order chi connectivity index (χ1) is 9.35. The number of piperidine rings is 1. The molecule has 0 aromatic heterocycles. The van der Waals surface area contributed by atoms with Crippen molar-refractivity contribution in [1.29, 1.82) is 0 Å². The van der Waals surface area contributed by atoms with E-state index in [4.69, 9.17) is 9.47 Å². The molecular weight excluding hydrogens is 238 g/mol. The summed E-state index contributed by atoms with van der Waals surface area (Å²) < 4.78 is 11.2. The van der Waals surface area contributed by atoms with Crippen molar-refractivity contribution in [1.82, 2.24) is 5.32 Å². The average molecular weight is 263 g/mol. The zero-order valence-electron chi connectivity index (χ0n) is 12.1. The normalized spacial score (nSPS) is 19.2. The van der Waals surface area contributed by atoms with Gasteiger partial charge in [0.05, 0.1) is 13.7 Å². The number of nitrogens with one attached hydrogen (secondary N) is 1. The van der Waals surface area contributed by atoms with Gasteiger partial charge in [-0.1, -0.05) is 19.4 Å². The summed E-state index contributed by atoms with van der Waals surface area (Å²) in [4.78, 5) is 0. The molecule has 1 aromatic carbocycles. The van der Waals surface area contributed by atoms with Gasteiger partial charge in [0.1, 0.15) is 0 Å². The van der Waals surface area contributed by atoms with Gasteiger partial charge in [0.2, 0.25) is 0 Å². The van der Waals surface area contributed by atoms with E-state index in [9.17, 15) is 0 Å². The smallest absolute Gasteiger partial charge is 0.161 e. The van der Waals surface area contributed by atoms with Gasteiger partial charge in [-0.05, 0) is 49.4 Å². The van der Waals surface area contributed by atoms with Crippen molar-refractivity contribution in [2.75, 3.05) is 26.8 Å². The molecule has 1 unspecified atom stereocenters. The highest BCUT2D eigenvalue weighted by molar-refractivity contribution is 5.44. The lowest BCUT2D eigenvalue weighted by atomic mass is 9.91. The van der Waals surface area contributed by atoms with Crippen LogP contribution in [0.15, 0.2) is 18.2 Å². The third kappa shape index (κ3) is 3.87. The van der Waals surface area contributed by atoms with Crippen LogP contribution in [0.3, 0.4) is 0 Å². The maximum atomic E-state index is 5.77. The monoisotopic (exact) mass is 263 g/mol. The summed E-state index contributed by atoms with van der Waals surface area (Å²) >= 11 is 0. The van der Waals surface area contributed by atoms with Crippen molar-refractivity contribution in [3.8, 4) is 11.5 Å². The number of ether oxygens (including phenoxy) is 2. The van der Waals surface area contributed by atoms with E-state index in [0.717, 1.165) is 44.0 Å². The lowest BCUT2D eigenvalue weighted by Crippen LogP contribution is -2.28. The molecule has 106 valence electrons. The van der Waals surface area contributed by atoms with Crippen LogP contribution >= 0.6 is 0 Å². The molecule has 1 heterocycles. The van der Waals surface area contributed by atoms with E-state index in [1.807, 2.05) is 0 Å². The average Bonchev–Trinajstić information content (AvgIpc) is 2.48. The Hall–Kier alpha value is -1.22. The molecule has 2 rings (SSSR count). The summed E-state index contributed by atoms with van der Waals surface area (Å²) in [5.41, 5.74) is 1.35. The quantitative estimate of drug-likeness (QED) is 0.798. The van der Waals surface area contributed by atoms with Crippen LogP contribution in [0.5, 0.6) is 11.5 Å². The topological polar surface area (TPSA) is 30.5 Å². The zero-order chi connectivity index (χ0) is 13.5. The van der Waals surface area contributed by atoms with Crippen LogP contribution in [-0.2, 0) is 0 Å². The summed E-state index contributed by atoms with van der Waals surface area (Å²) in [6.07, 6.45) is 4.74. The molecule has 1 aliphatic heterocycles. The Morgan fingerprint density at radius 2 is 2.21 bits per heavy atom. The highest BCUT2D eigenvalue weighted by Crippen LogP contribution is 2.33. The van der Waals surface area contributed by atoms with Crippen molar-refractivity contribution in [2.24, 2.45) is 0 Å². The standard InChI is InChI=1S/C16H25NO2/c1-3-4-10-19-15-8-7-13(11-16(15)18-2)14-6-5-9-17-12-14/h7-8,11,14,17H,3-6,9-10,12H2,1-2H3. The minimum absolute atomic E-state index is 0.604. The fraction of sp³-hybridized carbons (Fsp3) is 0.625. The molecule has 1 atom stereocenters. The van der Waals surface area contributed by atoms with E-state index in [-0.39, 0.29) is 0 Å². The zero-order valence-corrected chi connectivity index (χ0v) is 12.1. The molecule has 1 aliphatic rings. The third-order valence-corrected chi connectivity index (χ3v) is 3.71. The van der Waals surface area contributed by atoms with Gasteiger partial charge in [-0.2, -0.15) is 0 Å². The van der Waals surface area contributed by atoms with Crippen LogP contribution in [0.1, 0.15) is 44.1 Å². The Kier molecular flexibility index (Phi) is 5.52. The Labute approximate surface area is 116 Å². The fourth-order valence-corrected chi connectivity index (χ4v) is 2.52. The molecular formula is C16H25NO2. The molecule has 0 radical (unpaired) electrons. The Bertz CT molecular complexity index is 386. The van der Waals surface area contributed by atoms with Crippen molar-refractivity contribution in [2.45, 2.75) is 38.5 Å². The van der Waals surface area contributed by atoms with Gasteiger partial charge < -0.3 is 14.8 Å². The Morgan fingerprint density at radius 1 is 1.32 bits per heavy atom. The molecule has 1 N–H and O–H groups in total. The molecule has 3 nitrogen and oxygen atoms in total. The fourth-order valence-electron chi connectivity index (χ4n) is 2.52. The van der Waals surface area contributed by atoms with Gasteiger partial charge in [0.25, 0.3) is 0 Å². The minimum Gasteiger partial charge on any atom is -0.493 e. The second-order valence-corrected chi connectivity index (χ2v) is 5.16. The van der Waals surface area contributed by atoms with E-state index < -0.39 is 0 Å². The van der Waals surface area contributed by atoms with Gasteiger partial charge in [-0.3, -0.25) is 0 Å². The molecule has 0 saturated carbocycles. The Morgan fingerprint density at radius 3 is 2.89 bits per heavy atom. The van der Waals surface area contributed by atoms with E-state index in [1.165, 1.54) is 18.4 Å². The molecule has 19 heavy (non-hydrogen) atoms. The first-order valence-corrected chi connectivity index (χ1v) is 7.36. The number of unbranched alkanes of at least 4 members (excludes halogenated alkanes) is 1. The van der Waals surface area contributed by atoms with Crippen molar-refractivity contribution in [3.63, 3.8) is 0 Å². The third-order valence-electron chi connectivity index (χ3n) is 3.71. The first kappa shape index (κ1) is 14.2. The minimum atomic E-state index is 0.604. The van der Waals surface area contributed by atoms with Crippen molar-refractivity contribution < 1.29 is 9.47 Å². The van der Waals surface area contributed by atoms with Gasteiger partial charge >= 0.3 is 0 Å². The summed E-state index contributed by atoms with van der Waals surface area (Å²) in [6, 6.07) is 6.37. The molecule has 3 heteroatoms. The van der Waals surface area contributed by atoms with Gasteiger partial charge in [-0.25, -0.2) is 0 Å². The second kappa shape index (κ2) is 7.39. The summed E-state index contributed by atoms with van der Waals surface area (Å²) in [5.74, 6) is 2.33. The van der Waals surface area contributed by atoms with Gasteiger partial charge in [0, 0.05) is 6.54 Å². The number of hydrogen-bond acceptors (Lipinski definition) is 3. The van der Waals surface area contributed by atoms with Crippen LogP contribution in [0.4, 0.5) is 0 Å². The van der Waals surface area contributed by atoms with Gasteiger partial charge in [0.15, 0.2) is 11.5 Å². The van der Waals surface area contributed by atoms with Crippen molar-refractivity contribution in [3.05, 3.63) is 23.8 Å². The maximum absolute atomic E-state index is 5.77. The highest BCUT2D eigenvalue weighted by Gasteiger charge is 2.17. The maximum Gasteiger partial charge on any atom is 0.161 e. The molecule has 1 saturated heterocycles. The van der Waals surface area contributed by atoms with Crippen LogP contribution in [0.25, 0.3) is 0 Å². The van der Waals surface area contributed by atoms with E-state index in [2.05, 4.69) is 30.4 Å². The number of methoxy groups -OCH3 is 1. The number of benzene rings is 1. The molecule has 0 bridgehead atoms. The summed E-state index contributed by atoms with van der Waals surface area (Å²) in [7, 11) is 1.71. The lowest BCUT2D eigenvalue weighted by Gasteiger charge is -2.24. The van der Waals surface area contributed by atoms with E-state index in [0.29, 0.717) is 5.92 Å². The van der Waals surface area contributed by atoms with Gasteiger partial charge in [-0.15, -0.1) is 0 Å². The molecule has 0 amide bonds. The highest BCUT2D eigenvalue weighted by atomic mass is 16.5. The van der Waals surface area contributed by atoms with Crippen LogP contribution < -0.4 is 14.8 Å². The lowest BCUT2D eigenvalue weighted by molar-refractivity contribution is 0.288. The number of hydrogen-bond donors (Lipinski definition) is 1. The number of rotatable bonds is 6. The first-order valence-electron chi connectivity index (χ1n) is 7.36. The van der Waals surface area contributed by atoms with E-state index in [1.54, 1.807) is 7.11 Å². The van der Waals surface area contributed by atoms with Crippen molar-refractivity contribution >= 4 is 0 Å².